The number of carbonyl (C=O) groups excluding carboxylic acids is 2. The second kappa shape index (κ2) is 11.9. The van der Waals surface area contributed by atoms with E-state index >= 15 is 0 Å². The van der Waals surface area contributed by atoms with Gasteiger partial charge in [-0.3, -0.25) is 9.59 Å². The van der Waals surface area contributed by atoms with E-state index in [4.69, 9.17) is 6.42 Å². The molecule has 2 N–H and O–H groups in total. The summed E-state index contributed by atoms with van der Waals surface area (Å²) in [7, 11) is 0. The van der Waals surface area contributed by atoms with Crippen molar-refractivity contribution in [2.45, 2.75) is 75.2 Å². The van der Waals surface area contributed by atoms with Crippen molar-refractivity contribution in [1.29, 1.82) is 0 Å². The molecule has 4 nitrogen and oxygen atoms in total. The highest BCUT2D eigenvalue weighted by Gasteiger charge is 2.36. The number of terminal acetylenes is 1. The van der Waals surface area contributed by atoms with Crippen LogP contribution in [-0.2, 0) is 21.9 Å². The monoisotopic (exact) mass is 539 g/mol. The van der Waals surface area contributed by atoms with E-state index in [0.717, 1.165) is 43.5 Å². The average Bonchev–Trinajstić information content (AvgIpc) is 2.86. The summed E-state index contributed by atoms with van der Waals surface area (Å²) in [6.07, 6.45) is -1.04. The van der Waals surface area contributed by atoms with Crippen molar-refractivity contribution in [2.24, 2.45) is 0 Å². The van der Waals surface area contributed by atoms with Gasteiger partial charge < -0.3 is 10.4 Å². The van der Waals surface area contributed by atoms with Crippen molar-refractivity contribution in [3.8, 4) is 18.1 Å². The number of alkyl halides is 6. The molecule has 0 aliphatic heterocycles. The molecule has 1 fully saturated rings. The molecule has 0 bridgehead atoms. The summed E-state index contributed by atoms with van der Waals surface area (Å²) < 4.78 is 80.6. The molecule has 0 spiro atoms. The SMILES string of the molecule is C#CC(=O)CC(CC(C(=O)NC1CCCCC1)c1cc(C(F)(F)F)ccc1O)c1cccc(C(F)(F)F)c1. The van der Waals surface area contributed by atoms with E-state index in [1.807, 2.05) is 5.92 Å². The van der Waals surface area contributed by atoms with E-state index in [1.165, 1.54) is 6.07 Å². The minimum Gasteiger partial charge on any atom is -0.508 e. The molecule has 3 rings (SSSR count). The molecule has 38 heavy (non-hydrogen) atoms. The predicted molar refractivity (Wildman–Crippen MR) is 128 cm³/mol. The fourth-order valence-electron chi connectivity index (χ4n) is 4.81. The first kappa shape index (κ1) is 29.1. The molecule has 0 heterocycles. The summed E-state index contributed by atoms with van der Waals surface area (Å²) in [5.41, 5.74) is -2.38. The molecular weight excluding hydrogens is 512 g/mol. The highest BCUT2D eigenvalue weighted by molar-refractivity contribution is 5.95. The number of aromatic hydroxyl groups is 1. The standard InChI is InChI=1S/C28H27F6NO3/c1-2-22(36)14-18(17-7-6-8-19(13-17)27(29,30)31)15-24(26(38)35-21-9-4-3-5-10-21)23-16-20(28(32,33)34)11-12-25(23)37/h1,6-8,11-13,16,18,21,24,37H,3-5,9-10,14-15H2,(H,35,38). The van der Waals surface area contributed by atoms with Crippen LogP contribution in [0, 0.1) is 12.3 Å². The number of rotatable bonds is 8. The Bertz CT molecular complexity index is 1190. The molecule has 0 saturated heterocycles. The molecule has 204 valence electrons. The Morgan fingerprint density at radius 1 is 0.974 bits per heavy atom. The van der Waals surface area contributed by atoms with Gasteiger partial charge in [-0.2, -0.15) is 26.3 Å². The number of amides is 1. The number of ketones is 1. The lowest BCUT2D eigenvalue weighted by atomic mass is 9.80. The van der Waals surface area contributed by atoms with Crippen molar-refractivity contribution in [3.05, 3.63) is 64.7 Å². The second-order valence-corrected chi connectivity index (χ2v) is 9.49. The van der Waals surface area contributed by atoms with Gasteiger partial charge in [0.15, 0.2) is 0 Å². The minimum atomic E-state index is -4.77. The maximum Gasteiger partial charge on any atom is 0.416 e. The van der Waals surface area contributed by atoms with Crippen LogP contribution in [0.3, 0.4) is 0 Å². The lowest BCUT2D eigenvalue weighted by Crippen LogP contribution is -2.39. The fourth-order valence-corrected chi connectivity index (χ4v) is 4.81. The highest BCUT2D eigenvalue weighted by atomic mass is 19.4. The smallest absolute Gasteiger partial charge is 0.416 e. The van der Waals surface area contributed by atoms with Crippen LogP contribution in [0.4, 0.5) is 26.3 Å². The zero-order chi connectivity index (χ0) is 28.1. The van der Waals surface area contributed by atoms with Gasteiger partial charge in [0.25, 0.3) is 0 Å². The molecule has 0 aromatic heterocycles. The number of benzene rings is 2. The quantitative estimate of drug-likeness (QED) is 0.222. The number of phenolic OH excluding ortho intramolecular Hbond substituents is 1. The van der Waals surface area contributed by atoms with Gasteiger partial charge in [-0.25, -0.2) is 0 Å². The Labute approximate surface area is 216 Å². The highest BCUT2D eigenvalue weighted by Crippen LogP contribution is 2.41. The van der Waals surface area contributed by atoms with Crippen molar-refractivity contribution in [1.82, 2.24) is 5.32 Å². The number of hydrogen-bond donors (Lipinski definition) is 2. The van der Waals surface area contributed by atoms with Crippen LogP contribution in [0.5, 0.6) is 5.75 Å². The first-order chi connectivity index (χ1) is 17.8. The lowest BCUT2D eigenvalue weighted by molar-refractivity contribution is -0.138. The molecule has 0 radical (unpaired) electrons. The van der Waals surface area contributed by atoms with Gasteiger partial charge in [0.2, 0.25) is 11.7 Å². The van der Waals surface area contributed by atoms with Crippen molar-refractivity contribution < 1.29 is 41.0 Å². The van der Waals surface area contributed by atoms with Gasteiger partial charge in [0.1, 0.15) is 5.75 Å². The maximum absolute atomic E-state index is 13.5. The molecule has 10 heteroatoms. The zero-order valence-electron chi connectivity index (χ0n) is 20.3. The number of phenols is 1. The molecule has 2 aromatic rings. The number of nitrogens with one attached hydrogen (secondary N) is 1. The molecule has 1 aliphatic carbocycles. The second-order valence-electron chi connectivity index (χ2n) is 9.49. The molecule has 2 aromatic carbocycles. The van der Waals surface area contributed by atoms with Crippen LogP contribution in [0.25, 0.3) is 0 Å². The van der Waals surface area contributed by atoms with E-state index in [0.29, 0.717) is 25.0 Å². The summed E-state index contributed by atoms with van der Waals surface area (Å²) in [6.45, 7) is 0. The van der Waals surface area contributed by atoms with Crippen LogP contribution in [0.1, 0.15) is 79.0 Å². The van der Waals surface area contributed by atoms with E-state index in [2.05, 4.69) is 5.32 Å². The van der Waals surface area contributed by atoms with Crippen LogP contribution >= 0.6 is 0 Å². The summed E-state index contributed by atoms with van der Waals surface area (Å²) in [4.78, 5) is 25.6. The van der Waals surface area contributed by atoms with Gasteiger partial charge >= 0.3 is 12.4 Å². The number of hydrogen-bond acceptors (Lipinski definition) is 3. The largest absolute Gasteiger partial charge is 0.508 e. The van der Waals surface area contributed by atoms with Crippen molar-refractivity contribution >= 4 is 11.7 Å². The summed E-state index contributed by atoms with van der Waals surface area (Å²) in [5, 5.41) is 13.3. The maximum atomic E-state index is 13.5. The molecule has 2 unspecified atom stereocenters. The average molecular weight is 540 g/mol. The minimum absolute atomic E-state index is 0.0466. The normalized spacial score (nSPS) is 16.3. The van der Waals surface area contributed by atoms with Crippen molar-refractivity contribution in [2.75, 3.05) is 0 Å². The molecule has 1 saturated carbocycles. The topological polar surface area (TPSA) is 66.4 Å². The van der Waals surface area contributed by atoms with E-state index < -0.39 is 59.2 Å². The molecule has 2 atom stereocenters. The van der Waals surface area contributed by atoms with Crippen molar-refractivity contribution in [3.63, 3.8) is 0 Å². The number of carbonyl (C=O) groups is 2. The third kappa shape index (κ3) is 7.53. The Kier molecular flexibility index (Phi) is 9.13. The Morgan fingerprint density at radius 3 is 2.21 bits per heavy atom. The van der Waals surface area contributed by atoms with E-state index in [1.54, 1.807) is 0 Å². The molecular formula is C28H27F6NO3. The number of Topliss-reactive ketones (excluding diaryl/α,β-unsaturated/α-hetero) is 1. The van der Waals surface area contributed by atoms with Crippen LogP contribution < -0.4 is 5.32 Å². The summed E-state index contributed by atoms with van der Waals surface area (Å²) in [6, 6.07) is 6.08. The fraction of sp³-hybridized carbons (Fsp3) is 0.429. The van der Waals surface area contributed by atoms with Crippen LogP contribution in [0.15, 0.2) is 42.5 Å². The Hall–Kier alpha value is -3.48. The third-order valence-electron chi connectivity index (χ3n) is 6.80. The number of halogens is 6. The predicted octanol–water partition coefficient (Wildman–Crippen LogP) is 6.73. The van der Waals surface area contributed by atoms with Crippen LogP contribution in [0.2, 0.25) is 0 Å². The zero-order valence-corrected chi connectivity index (χ0v) is 20.3. The first-order valence-electron chi connectivity index (χ1n) is 12.2. The van der Waals surface area contributed by atoms with Gasteiger partial charge in [-0.1, -0.05) is 37.5 Å². The van der Waals surface area contributed by atoms with E-state index in [9.17, 15) is 41.0 Å². The van der Waals surface area contributed by atoms with Crippen LogP contribution in [-0.4, -0.2) is 22.8 Å². The molecule has 1 amide bonds. The molecule has 1 aliphatic rings. The Balaban J connectivity index is 2.07. The van der Waals surface area contributed by atoms with Gasteiger partial charge in [-0.05, 0) is 60.9 Å². The van der Waals surface area contributed by atoms with Gasteiger partial charge in [0, 0.05) is 18.0 Å². The van der Waals surface area contributed by atoms with Gasteiger partial charge in [-0.15, -0.1) is 6.42 Å². The van der Waals surface area contributed by atoms with E-state index in [-0.39, 0.29) is 23.6 Å². The Morgan fingerprint density at radius 2 is 1.61 bits per heavy atom. The first-order valence-corrected chi connectivity index (χ1v) is 12.2. The third-order valence-corrected chi connectivity index (χ3v) is 6.80. The summed E-state index contributed by atoms with van der Waals surface area (Å²) in [5.74, 6) is -2.55. The summed E-state index contributed by atoms with van der Waals surface area (Å²) >= 11 is 0. The van der Waals surface area contributed by atoms with Gasteiger partial charge in [0.05, 0.1) is 17.0 Å². The lowest BCUT2D eigenvalue weighted by Gasteiger charge is -2.28.